The van der Waals surface area contributed by atoms with E-state index in [2.05, 4.69) is 21.2 Å². The highest BCUT2D eigenvalue weighted by Gasteiger charge is 2.12. The maximum absolute atomic E-state index is 12.1. The van der Waals surface area contributed by atoms with E-state index in [0.29, 0.717) is 21.7 Å². The van der Waals surface area contributed by atoms with Crippen molar-refractivity contribution in [3.8, 4) is 0 Å². The van der Waals surface area contributed by atoms with Crippen LogP contribution in [0.4, 0.5) is 11.4 Å². The van der Waals surface area contributed by atoms with Gasteiger partial charge in [-0.05, 0) is 46.7 Å². The lowest BCUT2D eigenvalue weighted by atomic mass is 10.2. The minimum Gasteiger partial charge on any atom is -0.324 e. The van der Waals surface area contributed by atoms with Gasteiger partial charge in [-0.3, -0.25) is 19.8 Å². The van der Waals surface area contributed by atoms with Crippen molar-refractivity contribution in [2.45, 2.75) is 6.54 Å². The fourth-order valence-electron chi connectivity index (χ4n) is 2.16. The van der Waals surface area contributed by atoms with Crippen molar-refractivity contribution in [2.24, 2.45) is 0 Å². The summed E-state index contributed by atoms with van der Waals surface area (Å²) in [4.78, 5) is 24.2. The molecular formula is C16H15BrClN3O3. The number of hydrogen-bond donors (Lipinski definition) is 1. The van der Waals surface area contributed by atoms with E-state index < -0.39 is 4.92 Å². The van der Waals surface area contributed by atoms with Gasteiger partial charge in [-0.15, -0.1) is 0 Å². The maximum Gasteiger partial charge on any atom is 0.270 e. The number of anilines is 1. The number of carbonyl (C=O) groups excluding carboxylic acids is 1. The molecule has 0 heterocycles. The van der Waals surface area contributed by atoms with Crippen LogP contribution < -0.4 is 5.32 Å². The van der Waals surface area contributed by atoms with E-state index in [1.54, 1.807) is 6.07 Å². The summed E-state index contributed by atoms with van der Waals surface area (Å²) in [6, 6.07) is 11.6. The van der Waals surface area contributed by atoms with Gasteiger partial charge in [0.15, 0.2) is 0 Å². The lowest BCUT2D eigenvalue weighted by molar-refractivity contribution is -0.384. The molecule has 24 heavy (non-hydrogen) atoms. The molecule has 0 spiro atoms. The van der Waals surface area contributed by atoms with Gasteiger partial charge in [0.05, 0.1) is 17.2 Å². The first kappa shape index (κ1) is 18.4. The number of nitro groups is 1. The highest BCUT2D eigenvalue weighted by molar-refractivity contribution is 9.10. The van der Waals surface area contributed by atoms with Gasteiger partial charge in [-0.25, -0.2) is 0 Å². The summed E-state index contributed by atoms with van der Waals surface area (Å²) in [5, 5.41) is 14.1. The molecule has 126 valence electrons. The van der Waals surface area contributed by atoms with Gasteiger partial charge in [0.25, 0.3) is 5.69 Å². The average molecular weight is 413 g/mol. The summed E-state index contributed by atoms with van der Waals surface area (Å²) in [6.45, 7) is 0.755. The highest BCUT2D eigenvalue weighted by Crippen LogP contribution is 2.27. The van der Waals surface area contributed by atoms with E-state index in [-0.39, 0.29) is 18.1 Å². The first-order valence-electron chi connectivity index (χ1n) is 7.02. The van der Waals surface area contributed by atoms with Gasteiger partial charge in [-0.1, -0.05) is 23.7 Å². The number of rotatable bonds is 6. The summed E-state index contributed by atoms with van der Waals surface area (Å²) < 4.78 is 0.461. The second kappa shape index (κ2) is 8.23. The fourth-order valence-corrected chi connectivity index (χ4v) is 2.84. The molecule has 0 unspecified atom stereocenters. The Morgan fingerprint density at radius 3 is 2.71 bits per heavy atom. The molecule has 0 bridgehead atoms. The smallest absolute Gasteiger partial charge is 0.270 e. The first-order chi connectivity index (χ1) is 11.3. The van der Waals surface area contributed by atoms with Crippen LogP contribution in [0.25, 0.3) is 0 Å². The number of likely N-dealkylation sites (N-methyl/N-ethyl adjacent to an activating group) is 1. The van der Waals surface area contributed by atoms with Crippen molar-refractivity contribution in [3.05, 3.63) is 67.6 Å². The Kier molecular flexibility index (Phi) is 6.30. The molecule has 2 rings (SSSR count). The number of carbonyl (C=O) groups is 1. The summed E-state index contributed by atoms with van der Waals surface area (Å²) in [5.41, 5.74) is 1.45. The van der Waals surface area contributed by atoms with E-state index >= 15 is 0 Å². The Hall–Kier alpha value is -1.96. The van der Waals surface area contributed by atoms with Crippen molar-refractivity contribution >= 4 is 44.8 Å². The third-order valence-electron chi connectivity index (χ3n) is 3.19. The van der Waals surface area contributed by atoms with E-state index in [1.165, 1.54) is 18.2 Å². The molecule has 6 nitrogen and oxygen atoms in total. The molecule has 0 aliphatic heterocycles. The number of benzene rings is 2. The van der Waals surface area contributed by atoms with Crippen molar-refractivity contribution in [3.63, 3.8) is 0 Å². The van der Waals surface area contributed by atoms with Crippen molar-refractivity contribution in [2.75, 3.05) is 18.9 Å². The Labute approximate surface area is 152 Å². The number of non-ortho nitro benzene ring substituents is 1. The Morgan fingerprint density at radius 1 is 1.33 bits per heavy atom. The quantitative estimate of drug-likeness (QED) is 0.573. The summed E-state index contributed by atoms with van der Waals surface area (Å²) in [7, 11) is 1.82. The molecule has 0 aliphatic carbocycles. The van der Waals surface area contributed by atoms with Crippen LogP contribution in [0.2, 0.25) is 5.02 Å². The van der Waals surface area contributed by atoms with E-state index in [0.717, 1.165) is 5.56 Å². The van der Waals surface area contributed by atoms with E-state index in [9.17, 15) is 14.9 Å². The largest absolute Gasteiger partial charge is 0.324 e. The highest BCUT2D eigenvalue weighted by atomic mass is 79.9. The van der Waals surface area contributed by atoms with Crippen molar-refractivity contribution in [1.82, 2.24) is 4.90 Å². The van der Waals surface area contributed by atoms with Gasteiger partial charge < -0.3 is 5.32 Å². The van der Waals surface area contributed by atoms with Gasteiger partial charge in [0.1, 0.15) is 0 Å². The van der Waals surface area contributed by atoms with Crippen LogP contribution in [0.5, 0.6) is 0 Å². The van der Waals surface area contributed by atoms with Gasteiger partial charge >= 0.3 is 0 Å². The van der Waals surface area contributed by atoms with Crippen LogP contribution in [0, 0.1) is 10.1 Å². The zero-order chi connectivity index (χ0) is 17.7. The maximum atomic E-state index is 12.1. The molecule has 0 radical (unpaired) electrons. The summed E-state index contributed by atoms with van der Waals surface area (Å²) in [6.07, 6.45) is 0. The minimum absolute atomic E-state index is 0.0436. The predicted octanol–water partition coefficient (Wildman–Crippen LogP) is 4.08. The zero-order valence-corrected chi connectivity index (χ0v) is 15.2. The molecular weight excluding hydrogens is 398 g/mol. The number of nitro benzene ring substituents is 1. The van der Waals surface area contributed by atoms with Crippen LogP contribution in [0.1, 0.15) is 5.56 Å². The lowest BCUT2D eigenvalue weighted by Crippen LogP contribution is -2.29. The van der Waals surface area contributed by atoms with E-state index in [1.807, 2.05) is 30.1 Å². The van der Waals surface area contributed by atoms with Gasteiger partial charge in [-0.2, -0.15) is 0 Å². The molecule has 0 atom stereocenters. The molecule has 0 fully saturated rings. The molecule has 1 amide bonds. The van der Waals surface area contributed by atoms with Gasteiger partial charge in [0, 0.05) is 28.2 Å². The van der Waals surface area contributed by atoms with Crippen LogP contribution >= 0.6 is 27.5 Å². The number of amides is 1. The predicted molar refractivity (Wildman–Crippen MR) is 97.2 cm³/mol. The van der Waals surface area contributed by atoms with Crippen molar-refractivity contribution < 1.29 is 9.72 Å². The molecule has 8 heteroatoms. The third kappa shape index (κ3) is 5.30. The SMILES string of the molecule is CN(CC(=O)Nc1ccc([N+](=O)[O-])cc1Br)Cc1cccc(Cl)c1. The summed E-state index contributed by atoms with van der Waals surface area (Å²) in [5.74, 6) is -0.214. The first-order valence-corrected chi connectivity index (χ1v) is 8.19. The monoisotopic (exact) mass is 411 g/mol. The second-order valence-electron chi connectivity index (χ2n) is 5.27. The zero-order valence-electron chi connectivity index (χ0n) is 12.8. The Balaban J connectivity index is 1.94. The van der Waals surface area contributed by atoms with Crippen LogP contribution in [0.15, 0.2) is 46.9 Å². The fraction of sp³-hybridized carbons (Fsp3) is 0.188. The number of nitrogens with zero attached hydrogens (tertiary/aromatic N) is 2. The minimum atomic E-state index is -0.491. The number of nitrogens with one attached hydrogen (secondary N) is 1. The second-order valence-corrected chi connectivity index (χ2v) is 6.56. The third-order valence-corrected chi connectivity index (χ3v) is 4.08. The summed E-state index contributed by atoms with van der Waals surface area (Å²) >= 11 is 9.17. The topological polar surface area (TPSA) is 75.5 Å². The Bertz CT molecular complexity index is 770. The number of hydrogen-bond acceptors (Lipinski definition) is 4. The van der Waals surface area contributed by atoms with Crippen LogP contribution in [-0.2, 0) is 11.3 Å². The molecule has 1 N–H and O–H groups in total. The van der Waals surface area contributed by atoms with Gasteiger partial charge in [0.2, 0.25) is 5.91 Å². The van der Waals surface area contributed by atoms with Crippen LogP contribution in [-0.4, -0.2) is 29.3 Å². The lowest BCUT2D eigenvalue weighted by Gasteiger charge is -2.17. The standard InChI is InChI=1S/C16H15BrClN3O3/c1-20(9-11-3-2-4-12(18)7-11)10-16(22)19-15-6-5-13(21(23)24)8-14(15)17/h2-8H,9-10H2,1H3,(H,19,22). The van der Waals surface area contributed by atoms with E-state index in [4.69, 9.17) is 11.6 Å². The molecule has 0 saturated carbocycles. The normalized spacial score (nSPS) is 10.7. The van der Waals surface area contributed by atoms with Crippen molar-refractivity contribution in [1.29, 1.82) is 0 Å². The molecule has 0 aliphatic rings. The molecule has 0 saturated heterocycles. The average Bonchev–Trinajstić information content (AvgIpc) is 2.48. The number of halogens is 2. The van der Waals surface area contributed by atoms with Crippen LogP contribution in [0.3, 0.4) is 0 Å². The molecule has 2 aromatic carbocycles. The molecule has 2 aromatic rings. The molecule has 0 aromatic heterocycles. The Morgan fingerprint density at radius 2 is 2.08 bits per heavy atom.